The molecular formula is C24H32N2O3. The molecule has 2 amide bonds. The maximum Gasteiger partial charge on any atom is 0.251 e. The molecule has 2 aliphatic heterocycles. The molecule has 2 N–H and O–H groups in total. The molecule has 156 valence electrons. The van der Waals surface area contributed by atoms with E-state index in [9.17, 15) is 9.59 Å². The van der Waals surface area contributed by atoms with Gasteiger partial charge in [0.15, 0.2) is 0 Å². The molecule has 2 bridgehead atoms. The molecule has 5 nitrogen and oxygen atoms in total. The Morgan fingerprint density at radius 1 is 1.21 bits per heavy atom. The van der Waals surface area contributed by atoms with E-state index >= 15 is 0 Å². The third-order valence-electron chi connectivity index (χ3n) is 6.18. The first-order chi connectivity index (χ1) is 13.6. The highest BCUT2D eigenvalue weighted by molar-refractivity contribution is 5.94. The van der Waals surface area contributed by atoms with E-state index in [1.807, 2.05) is 63.3 Å². The zero-order valence-electron chi connectivity index (χ0n) is 18.2. The van der Waals surface area contributed by atoms with Gasteiger partial charge >= 0.3 is 0 Å². The number of ether oxygens (including phenoxy) is 1. The van der Waals surface area contributed by atoms with Gasteiger partial charge in [0.25, 0.3) is 5.91 Å². The number of fused-ring (bicyclic) bond motifs is 2. The van der Waals surface area contributed by atoms with Crippen LogP contribution in [-0.4, -0.2) is 30.1 Å². The van der Waals surface area contributed by atoms with Crippen LogP contribution in [0.25, 0.3) is 0 Å². The number of carbonyl (C=O) groups excluding carboxylic acids is 2. The molecule has 4 atom stereocenters. The van der Waals surface area contributed by atoms with E-state index in [0.29, 0.717) is 12.1 Å². The SMILES string of the molecule is C/C=C(\C)NC(=O)C1C2C=CC(CNC(=O)c3ccc(C(C)(C)C)cc3)(O2)C1C. The number of hydrogen-bond donors (Lipinski definition) is 2. The van der Waals surface area contributed by atoms with Gasteiger partial charge in [-0.2, -0.15) is 0 Å². The van der Waals surface area contributed by atoms with E-state index in [-0.39, 0.29) is 35.2 Å². The maximum atomic E-state index is 12.7. The molecule has 0 spiro atoms. The third-order valence-corrected chi connectivity index (χ3v) is 6.18. The second kappa shape index (κ2) is 7.79. The quantitative estimate of drug-likeness (QED) is 0.746. The summed E-state index contributed by atoms with van der Waals surface area (Å²) in [5, 5.41) is 5.93. The van der Waals surface area contributed by atoms with Crippen LogP contribution in [0.2, 0.25) is 0 Å². The van der Waals surface area contributed by atoms with Crippen molar-refractivity contribution in [1.29, 1.82) is 0 Å². The summed E-state index contributed by atoms with van der Waals surface area (Å²) in [7, 11) is 0. The van der Waals surface area contributed by atoms with Crippen LogP contribution in [-0.2, 0) is 14.9 Å². The van der Waals surface area contributed by atoms with Crippen LogP contribution in [0.5, 0.6) is 0 Å². The van der Waals surface area contributed by atoms with Crippen molar-refractivity contribution in [3.8, 4) is 0 Å². The van der Waals surface area contributed by atoms with Crippen LogP contribution < -0.4 is 10.6 Å². The lowest BCUT2D eigenvalue weighted by molar-refractivity contribution is -0.126. The van der Waals surface area contributed by atoms with Crippen LogP contribution in [0.1, 0.15) is 57.5 Å². The van der Waals surface area contributed by atoms with Crippen molar-refractivity contribution >= 4 is 11.8 Å². The molecule has 29 heavy (non-hydrogen) atoms. The summed E-state index contributed by atoms with van der Waals surface area (Å²) < 4.78 is 6.17. The molecule has 0 saturated carbocycles. The minimum absolute atomic E-state index is 0.0339. The molecule has 2 aliphatic rings. The first kappa shape index (κ1) is 21.3. The Hall–Kier alpha value is -2.40. The number of allylic oxidation sites excluding steroid dienone is 2. The Balaban J connectivity index is 1.65. The smallest absolute Gasteiger partial charge is 0.251 e. The highest BCUT2D eigenvalue weighted by Crippen LogP contribution is 2.46. The molecule has 3 rings (SSSR count). The summed E-state index contributed by atoms with van der Waals surface area (Å²) in [6.45, 7) is 12.6. The topological polar surface area (TPSA) is 67.4 Å². The van der Waals surface area contributed by atoms with Crippen molar-refractivity contribution in [3.05, 3.63) is 59.3 Å². The molecule has 5 heteroatoms. The third kappa shape index (κ3) is 4.15. The second-order valence-corrected chi connectivity index (χ2v) is 9.18. The molecule has 1 fully saturated rings. The monoisotopic (exact) mass is 396 g/mol. The van der Waals surface area contributed by atoms with Crippen molar-refractivity contribution in [2.75, 3.05) is 6.54 Å². The molecule has 0 aromatic heterocycles. The average Bonchev–Trinajstić information content (AvgIpc) is 3.21. The largest absolute Gasteiger partial charge is 0.361 e. The number of hydrogen-bond acceptors (Lipinski definition) is 3. The van der Waals surface area contributed by atoms with E-state index in [4.69, 9.17) is 4.74 Å². The summed E-state index contributed by atoms with van der Waals surface area (Å²) in [6.07, 6.45) is 5.56. The molecule has 0 aliphatic carbocycles. The van der Waals surface area contributed by atoms with Gasteiger partial charge < -0.3 is 15.4 Å². The predicted molar refractivity (Wildman–Crippen MR) is 114 cm³/mol. The maximum absolute atomic E-state index is 12.7. The molecule has 1 aromatic rings. The molecule has 1 aromatic carbocycles. The lowest BCUT2D eigenvalue weighted by Crippen LogP contribution is -2.47. The van der Waals surface area contributed by atoms with Gasteiger partial charge in [-0.25, -0.2) is 0 Å². The van der Waals surface area contributed by atoms with Crippen LogP contribution >= 0.6 is 0 Å². The summed E-state index contributed by atoms with van der Waals surface area (Å²) in [4.78, 5) is 25.3. The zero-order valence-corrected chi connectivity index (χ0v) is 18.2. The fourth-order valence-corrected chi connectivity index (χ4v) is 4.06. The number of amides is 2. The minimum Gasteiger partial charge on any atom is -0.361 e. The minimum atomic E-state index is -0.641. The number of carbonyl (C=O) groups is 2. The highest BCUT2D eigenvalue weighted by Gasteiger charge is 2.56. The molecule has 4 unspecified atom stereocenters. The van der Waals surface area contributed by atoms with Crippen LogP contribution in [0, 0.1) is 11.8 Å². The lowest BCUT2D eigenvalue weighted by atomic mass is 9.76. The average molecular weight is 397 g/mol. The van der Waals surface area contributed by atoms with Gasteiger partial charge in [0.05, 0.1) is 18.6 Å². The fraction of sp³-hybridized carbons (Fsp3) is 0.500. The van der Waals surface area contributed by atoms with E-state index in [1.54, 1.807) is 0 Å². The number of benzene rings is 1. The summed E-state index contributed by atoms with van der Waals surface area (Å²) in [5.74, 6) is -0.470. The van der Waals surface area contributed by atoms with Gasteiger partial charge in [-0.3, -0.25) is 9.59 Å². The summed E-state index contributed by atoms with van der Waals surface area (Å²) in [6, 6.07) is 7.71. The standard InChI is InChI=1S/C24H32N2O3/c1-7-15(2)26-22(28)20-16(3)24(13-12-19(20)29-24)14-25-21(27)17-8-10-18(11-9-17)23(4,5)6/h7-13,16,19-20H,14H2,1-6H3,(H,25,27)(H,26,28)/b15-7+. The van der Waals surface area contributed by atoms with Gasteiger partial charge in [-0.1, -0.05) is 58.1 Å². The van der Waals surface area contributed by atoms with E-state index in [2.05, 4.69) is 31.4 Å². The second-order valence-electron chi connectivity index (χ2n) is 9.18. The number of nitrogens with one attached hydrogen (secondary N) is 2. The van der Waals surface area contributed by atoms with Gasteiger partial charge in [-0.05, 0) is 37.0 Å². The highest BCUT2D eigenvalue weighted by atomic mass is 16.5. The van der Waals surface area contributed by atoms with Crippen molar-refractivity contribution in [3.63, 3.8) is 0 Å². The summed E-state index contributed by atoms with van der Waals surface area (Å²) in [5.41, 5.74) is 2.04. The van der Waals surface area contributed by atoms with Crippen molar-refractivity contribution < 1.29 is 14.3 Å². The molecule has 0 radical (unpaired) electrons. The Morgan fingerprint density at radius 3 is 2.45 bits per heavy atom. The van der Waals surface area contributed by atoms with Crippen LogP contribution in [0.15, 0.2) is 48.2 Å². The zero-order chi connectivity index (χ0) is 21.4. The fourth-order valence-electron chi connectivity index (χ4n) is 4.06. The first-order valence-corrected chi connectivity index (χ1v) is 10.3. The van der Waals surface area contributed by atoms with Crippen molar-refractivity contribution in [2.24, 2.45) is 11.8 Å². The molecule has 1 saturated heterocycles. The van der Waals surface area contributed by atoms with Gasteiger partial charge in [-0.15, -0.1) is 0 Å². The lowest BCUT2D eigenvalue weighted by Gasteiger charge is -2.30. The van der Waals surface area contributed by atoms with Gasteiger partial charge in [0.2, 0.25) is 5.91 Å². The van der Waals surface area contributed by atoms with E-state index in [0.717, 1.165) is 5.70 Å². The van der Waals surface area contributed by atoms with Crippen molar-refractivity contribution in [2.45, 2.75) is 58.7 Å². The van der Waals surface area contributed by atoms with E-state index in [1.165, 1.54) is 5.56 Å². The molecule has 2 heterocycles. The van der Waals surface area contributed by atoms with Gasteiger partial charge in [0.1, 0.15) is 5.60 Å². The van der Waals surface area contributed by atoms with Gasteiger partial charge in [0, 0.05) is 17.2 Å². The summed E-state index contributed by atoms with van der Waals surface area (Å²) >= 11 is 0. The van der Waals surface area contributed by atoms with Crippen molar-refractivity contribution in [1.82, 2.24) is 10.6 Å². The predicted octanol–water partition coefficient (Wildman–Crippen LogP) is 3.71. The Bertz CT molecular complexity index is 848. The Kier molecular flexibility index (Phi) is 5.72. The normalized spacial score (nSPS) is 28.5. The first-order valence-electron chi connectivity index (χ1n) is 10.3. The molecular weight excluding hydrogens is 364 g/mol. The van der Waals surface area contributed by atoms with Crippen LogP contribution in [0.3, 0.4) is 0 Å². The Labute approximate surface area is 173 Å². The number of rotatable bonds is 5. The van der Waals surface area contributed by atoms with E-state index < -0.39 is 5.60 Å². The van der Waals surface area contributed by atoms with Crippen LogP contribution in [0.4, 0.5) is 0 Å². The Morgan fingerprint density at radius 2 is 1.86 bits per heavy atom.